The molecule has 0 saturated carbocycles. The number of fused-ring (bicyclic) bond motifs is 1. The zero-order valence-electron chi connectivity index (χ0n) is 13.8. The molecule has 124 valence electrons. The van der Waals surface area contributed by atoms with E-state index in [-0.39, 0.29) is 6.61 Å². The molecule has 0 bridgehead atoms. The second-order valence-corrected chi connectivity index (χ2v) is 5.72. The summed E-state index contributed by atoms with van der Waals surface area (Å²) >= 11 is 0. The number of imidazole rings is 1. The molecular weight excluding hydrogens is 314 g/mol. The Morgan fingerprint density at radius 3 is 2.68 bits per heavy atom. The molecule has 1 N–H and O–H groups in total. The number of hydrogen-bond donors (Lipinski definition) is 1. The summed E-state index contributed by atoms with van der Waals surface area (Å²) in [6, 6.07) is 19.5. The lowest BCUT2D eigenvalue weighted by molar-refractivity contribution is 0.282. The smallest absolute Gasteiger partial charge is 0.154 e. The quantitative estimate of drug-likeness (QED) is 0.621. The molecule has 25 heavy (non-hydrogen) atoms. The van der Waals surface area contributed by atoms with E-state index in [9.17, 15) is 5.11 Å². The van der Waals surface area contributed by atoms with Crippen LogP contribution < -0.4 is 4.74 Å². The Kier molecular flexibility index (Phi) is 3.91. The van der Waals surface area contributed by atoms with Crippen LogP contribution in [0.3, 0.4) is 0 Å². The molecule has 2 aromatic carbocycles. The van der Waals surface area contributed by atoms with E-state index in [2.05, 4.69) is 4.98 Å². The van der Waals surface area contributed by atoms with Crippen molar-refractivity contribution < 1.29 is 9.84 Å². The Labute approximate surface area is 145 Å². The minimum atomic E-state index is 0.00701. The molecule has 2 aromatic heterocycles. The number of methoxy groups -OCH3 is 1. The molecule has 0 aliphatic carbocycles. The summed E-state index contributed by atoms with van der Waals surface area (Å²) < 4.78 is 7.12. The molecule has 0 saturated heterocycles. The minimum absolute atomic E-state index is 0.00701. The van der Waals surface area contributed by atoms with E-state index in [4.69, 9.17) is 9.84 Å². The second kappa shape index (κ2) is 6.37. The molecule has 0 radical (unpaired) electrons. The molecular formula is C20H17N3O2. The highest BCUT2D eigenvalue weighted by Crippen LogP contribution is 2.25. The molecule has 5 nitrogen and oxygen atoms in total. The lowest BCUT2D eigenvalue weighted by atomic mass is 10.1. The van der Waals surface area contributed by atoms with Gasteiger partial charge in [0.15, 0.2) is 5.65 Å². The highest BCUT2D eigenvalue weighted by atomic mass is 16.5. The van der Waals surface area contributed by atoms with E-state index in [0.29, 0.717) is 0 Å². The number of hydrogen-bond acceptors (Lipinski definition) is 4. The first-order valence-electron chi connectivity index (χ1n) is 7.98. The average molecular weight is 331 g/mol. The van der Waals surface area contributed by atoms with E-state index in [1.165, 1.54) is 0 Å². The van der Waals surface area contributed by atoms with Gasteiger partial charge in [0.1, 0.15) is 5.75 Å². The van der Waals surface area contributed by atoms with Crippen molar-refractivity contribution in [1.82, 2.24) is 14.6 Å². The Morgan fingerprint density at radius 1 is 1.00 bits per heavy atom. The molecule has 0 amide bonds. The third-order valence-corrected chi connectivity index (χ3v) is 4.13. The van der Waals surface area contributed by atoms with Gasteiger partial charge in [-0.2, -0.15) is 5.10 Å². The predicted molar refractivity (Wildman–Crippen MR) is 96.3 cm³/mol. The van der Waals surface area contributed by atoms with Crippen LogP contribution in [0.1, 0.15) is 5.56 Å². The summed E-state index contributed by atoms with van der Waals surface area (Å²) in [5, 5.41) is 14.1. The summed E-state index contributed by atoms with van der Waals surface area (Å²) in [6.45, 7) is 0.00701. The third-order valence-electron chi connectivity index (χ3n) is 4.13. The van der Waals surface area contributed by atoms with Gasteiger partial charge in [-0.1, -0.05) is 30.3 Å². The number of benzene rings is 2. The lowest BCUT2D eigenvalue weighted by Crippen LogP contribution is -1.97. The Bertz CT molecular complexity index is 1040. The highest BCUT2D eigenvalue weighted by molar-refractivity contribution is 5.67. The fourth-order valence-electron chi connectivity index (χ4n) is 2.84. The monoisotopic (exact) mass is 331 g/mol. The molecule has 4 aromatic rings. The maximum atomic E-state index is 9.37. The number of ether oxygens (including phenoxy) is 1. The number of nitrogens with zero attached hydrogens (tertiary/aromatic N) is 3. The zero-order valence-corrected chi connectivity index (χ0v) is 13.8. The number of aliphatic hydroxyl groups excluding tert-OH is 1. The third kappa shape index (κ3) is 2.86. The number of rotatable bonds is 4. The molecule has 0 atom stereocenters. The molecule has 0 spiro atoms. The van der Waals surface area contributed by atoms with Crippen molar-refractivity contribution >= 4 is 5.65 Å². The topological polar surface area (TPSA) is 59.7 Å². The normalized spacial score (nSPS) is 11.0. The van der Waals surface area contributed by atoms with Crippen molar-refractivity contribution in [2.75, 3.05) is 7.11 Å². The highest BCUT2D eigenvalue weighted by Gasteiger charge is 2.10. The van der Waals surface area contributed by atoms with Gasteiger partial charge in [-0.3, -0.25) is 0 Å². The van der Waals surface area contributed by atoms with Crippen molar-refractivity contribution in [2.45, 2.75) is 6.61 Å². The van der Waals surface area contributed by atoms with Crippen molar-refractivity contribution in [3.05, 3.63) is 72.4 Å². The van der Waals surface area contributed by atoms with Gasteiger partial charge in [0.25, 0.3) is 0 Å². The number of aromatic nitrogens is 3. The van der Waals surface area contributed by atoms with Crippen LogP contribution in [0.25, 0.3) is 28.2 Å². The minimum Gasteiger partial charge on any atom is -0.497 e. The summed E-state index contributed by atoms with van der Waals surface area (Å²) in [5.74, 6) is 0.792. The summed E-state index contributed by atoms with van der Waals surface area (Å²) in [6.07, 6.45) is 1.80. The molecule has 0 aliphatic rings. The summed E-state index contributed by atoms with van der Waals surface area (Å²) in [4.78, 5) is 4.43. The average Bonchev–Trinajstić information content (AvgIpc) is 3.11. The fraction of sp³-hybridized carbons (Fsp3) is 0.100. The first kappa shape index (κ1) is 15.4. The van der Waals surface area contributed by atoms with Gasteiger partial charge in [0, 0.05) is 11.1 Å². The van der Waals surface area contributed by atoms with Gasteiger partial charge in [0.05, 0.1) is 31.3 Å². The summed E-state index contributed by atoms with van der Waals surface area (Å²) in [5.41, 5.74) is 5.30. The Hall–Kier alpha value is -3.18. The zero-order chi connectivity index (χ0) is 17.2. The van der Waals surface area contributed by atoms with E-state index < -0.39 is 0 Å². The largest absolute Gasteiger partial charge is 0.497 e. The maximum absolute atomic E-state index is 9.37. The molecule has 5 heteroatoms. The van der Waals surface area contributed by atoms with Crippen LogP contribution in [0, 0.1) is 0 Å². The first-order chi connectivity index (χ1) is 12.3. The van der Waals surface area contributed by atoms with Crippen molar-refractivity contribution in [3.63, 3.8) is 0 Å². The molecule has 4 rings (SSSR count). The maximum Gasteiger partial charge on any atom is 0.154 e. The van der Waals surface area contributed by atoms with Crippen molar-refractivity contribution in [3.8, 4) is 28.3 Å². The van der Waals surface area contributed by atoms with Crippen LogP contribution in [0.15, 0.2) is 66.9 Å². The van der Waals surface area contributed by atoms with E-state index in [1.807, 2.05) is 65.2 Å². The molecule has 0 fully saturated rings. The predicted octanol–water partition coefficient (Wildman–Crippen LogP) is 3.56. The van der Waals surface area contributed by atoms with E-state index in [0.717, 1.165) is 39.5 Å². The first-order valence-corrected chi connectivity index (χ1v) is 7.98. The SMILES string of the molecule is COc1cccc(-c2ccc3ncc(-c4cccc(CO)c4)n3n2)c1. The van der Waals surface area contributed by atoms with Gasteiger partial charge in [0.2, 0.25) is 0 Å². The van der Waals surface area contributed by atoms with Gasteiger partial charge in [-0.05, 0) is 35.9 Å². The lowest BCUT2D eigenvalue weighted by Gasteiger charge is -2.07. The second-order valence-electron chi connectivity index (χ2n) is 5.72. The molecule has 0 aliphatic heterocycles. The van der Waals surface area contributed by atoms with Crippen LogP contribution in [-0.2, 0) is 6.61 Å². The van der Waals surface area contributed by atoms with Crippen LogP contribution in [0.5, 0.6) is 5.75 Å². The molecule has 2 heterocycles. The fourth-order valence-corrected chi connectivity index (χ4v) is 2.84. The van der Waals surface area contributed by atoms with Crippen molar-refractivity contribution in [2.24, 2.45) is 0 Å². The molecule has 0 unspecified atom stereocenters. The standard InChI is InChI=1S/C20H17N3O2/c1-25-17-7-3-5-15(11-17)18-8-9-20-21-12-19(23(20)22-18)16-6-2-4-14(10-16)13-24/h2-12,24H,13H2,1H3. The van der Waals surface area contributed by atoms with Crippen molar-refractivity contribution in [1.29, 1.82) is 0 Å². The van der Waals surface area contributed by atoms with Gasteiger partial charge >= 0.3 is 0 Å². The van der Waals surface area contributed by atoms with Crippen LogP contribution >= 0.6 is 0 Å². The van der Waals surface area contributed by atoms with Gasteiger partial charge in [-0.25, -0.2) is 9.50 Å². The Balaban J connectivity index is 1.84. The van der Waals surface area contributed by atoms with Crippen LogP contribution in [-0.4, -0.2) is 26.8 Å². The van der Waals surface area contributed by atoms with Crippen LogP contribution in [0.4, 0.5) is 0 Å². The van der Waals surface area contributed by atoms with Gasteiger partial charge < -0.3 is 9.84 Å². The van der Waals surface area contributed by atoms with Crippen LogP contribution in [0.2, 0.25) is 0 Å². The van der Waals surface area contributed by atoms with E-state index >= 15 is 0 Å². The summed E-state index contributed by atoms with van der Waals surface area (Å²) in [7, 11) is 1.65. The number of aliphatic hydroxyl groups is 1. The van der Waals surface area contributed by atoms with E-state index in [1.54, 1.807) is 13.3 Å². The van der Waals surface area contributed by atoms with Gasteiger partial charge in [-0.15, -0.1) is 0 Å². The Morgan fingerprint density at radius 2 is 1.84 bits per heavy atom.